The fourth-order valence-corrected chi connectivity index (χ4v) is 4.00. The van der Waals surface area contributed by atoms with Gasteiger partial charge >= 0.3 is 0 Å². The molecule has 29 heavy (non-hydrogen) atoms. The third kappa shape index (κ3) is 3.35. The fourth-order valence-electron chi connectivity index (χ4n) is 4.00. The Bertz CT molecular complexity index is 1080. The van der Waals surface area contributed by atoms with E-state index in [2.05, 4.69) is 39.4 Å². The summed E-state index contributed by atoms with van der Waals surface area (Å²) in [6, 6.07) is 8.45. The number of carbonyl (C=O) groups excluding carboxylic acids is 1. The molecule has 0 aliphatic carbocycles. The minimum absolute atomic E-state index is 0. The molecule has 1 fully saturated rings. The summed E-state index contributed by atoms with van der Waals surface area (Å²) in [4.78, 5) is 22.3. The van der Waals surface area contributed by atoms with Crippen molar-refractivity contribution < 1.29 is 9.53 Å². The molecule has 3 aromatic rings. The van der Waals surface area contributed by atoms with Gasteiger partial charge < -0.3 is 25.7 Å². The number of anilines is 1. The molecule has 2 aliphatic heterocycles. The zero-order chi connectivity index (χ0) is 19.3. The maximum Gasteiger partial charge on any atom is 0.250 e. The van der Waals surface area contributed by atoms with Gasteiger partial charge in [0.2, 0.25) is 0 Å². The molecule has 1 aromatic carbocycles. The van der Waals surface area contributed by atoms with Crippen molar-refractivity contribution in [1.82, 2.24) is 15.3 Å². The lowest BCUT2D eigenvalue weighted by atomic mass is 10.0. The van der Waals surface area contributed by atoms with Crippen LogP contribution < -0.4 is 16.0 Å². The van der Waals surface area contributed by atoms with Crippen LogP contribution in [-0.2, 0) is 17.8 Å². The highest BCUT2D eigenvalue weighted by molar-refractivity contribution is 6.10. The van der Waals surface area contributed by atoms with Crippen LogP contribution in [0.25, 0.3) is 22.2 Å². The van der Waals surface area contributed by atoms with E-state index in [9.17, 15) is 4.79 Å². The van der Waals surface area contributed by atoms with E-state index >= 15 is 0 Å². The molecule has 5 rings (SSSR count). The molecule has 2 aliphatic rings. The summed E-state index contributed by atoms with van der Waals surface area (Å²) in [6.07, 6.45) is 2.73. The van der Waals surface area contributed by atoms with Crippen molar-refractivity contribution in [3.05, 3.63) is 47.3 Å². The Balaban J connectivity index is 0.00000205. The molecule has 152 valence electrons. The number of carbonyl (C=O) groups is 1. The van der Waals surface area contributed by atoms with Crippen LogP contribution in [0.2, 0.25) is 0 Å². The van der Waals surface area contributed by atoms with E-state index in [1.165, 1.54) is 0 Å². The molecule has 4 N–H and O–H groups in total. The number of ether oxygens (including phenoxy) is 1. The Morgan fingerprint density at radius 1 is 1.31 bits per heavy atom. The topological polar surface area (TPSA) is 96.3 Å². The second-order valence-corrected chi connectivity index (χ2v) is 7.52. The van der Waals surface area contributed by atoms with Gasteiger partial charge in [0.05, 0.1) is 30.3 Å². The molecular weight excluding hydrogens is 390 g/mol. The van der Waals surface area contributed by atoms with Crippen LogP contribution in [0.3, 0.4) is 0 Å². The third-order valence-corrected chi connectivity index (χ3v) is 5.84. The summed E-state index contributed by atoms with van der Waals surface area (Å²) < 4.78 is 5.57. The predicted molar refractivity (Wildman–Crippen MR) is 116 cm³/mol. The second-order valence-electron chi connectivity index (χ2n) is 7.52. The van der Waals surface area contributed by atoms with Gasteiger partial charge in [0, 0.05) is 60.8 Å². The standard InChI is InChI=1S/C21H23N5O2.ClH/c1-26(14-9-23-10-14)19-3-2-15(21(22)27)20-16(19)7-18(25-20)12-6-13-11-28-5-4-17(13)24-8-12;/h2-3,6-8,14,23,25H,4-5,9-11H2,1H3,(H2,22,27);1H. The lowest BCUT2D eigenvalue weighted by Gasteiger charge is -2.37. The lowest BCUT2D eigenvalue weighted by Crippen LogP contribution is -2.56. The van der Waals surface area contributed by atoms with Crippen LogP contribution in [0.1, 0.15) is 21.6 Å². The molecule has 0 radical (unpaired) electrons. The van der Waals surface area contributed by atoms with Crippen molar-refractivity contribution in [2.75, 3.05) is 31.6 Å². The Labute approximate surface area is 175 Å². The van der Waals surface area contributed by atoms with Crippen molar-refractivity contribution >= 4 is 34.9 Å². The van der Waals surface area contributed by atoms with Gasteiger partial charge in [0.1, 0.15) is 0 Å². The number of pyridine rings is 1. The van der Waals surface area contributed by atoms with E-state index in [4.69, 9.17) is 10.5 Å². The first kappa shape index (κ1) is 19.7. The van der Waals surface area contributed by atoms with Crippen molar-refractivity contribution in [2.24, 2.45) is 5.73 Å². The van der Waals surface area contributed by atoms with Crippen molar-refractivity contribution in [3.63, 3.8) is 0 Å². The minimum Gasteiger partial charge on any atom is -0.376 e. The number of nitrogens with two attached hydrogens (primary N) is 1. The average molecular weight is 414 g/mol. The minimum atomic E-state index is -0.435. The monoisotopic (exact) mass is 413 g/mol. The highest BCUT2D eigenvalue weighted by Crippen LogP contribution is 2.34. The maximum atomic E-state index is 12.0. The Morgan fingerprint density at radius 3 is 2.86 bits per heavy atom. The van der Waals surface area contributed by atoms with Crippen LogP contribution in [0.15, 0.2) is 30.5 Å². The number of aromatic amines is 1. The van der Waals surface area contributed by atoms with Crippen LogP contribution in [0, 0.1) is 0 Å². The van der Waals surface area contributed by atoms with Crippen LogP contribution >= 0.6 is 12.4 Å². The quantitative estimate of drug-likeness (QED) is 0.609. The van der Waals surface area contributed by atoms with Gasteiger partial charge in [0.15, 0.2) is 0 Å². The summed E-state index contributed by atoms with van der Waals surface area (Å²) in [5, 5.41) is 4.30. The summed E-state index contributed by atoms with van der Waals surface area (Å²) >= 11 is 0. The molecule has 1 saturated heterocycles. The summed E-state index contributed by atoms with van der Waals surface area (Å²) in [5.41, 5.74) is 12.1. The zero-order valence-corrected chi connectivity index (χ0v) is 17.0. The van der Waals surface area contributed by atoms with Crippen LogP contribution in [0.5, 0.6) is 0 Å². The number of likely N-dealkylation sites (N-methyl/N-ethyl adjacent to an activating group) is 1. The van der Waals surface area contributed by atoms with Gasteiger partial charge in [0.25, 0.3) is 5.91 Å². The number of fused-ring (bicyclic) bond motifs is 2. The van der Waals surface area contributed by atoms with Crippen molar-refractivity contribution in [2.45, 2.75) is 19.1 Å². The highest BCUT2D eigenvalue weighted by Gasteiger charge is 2.25. The van der Waals surface area contributed by atoms with E-state index in [0.29, 0.717) is 18.2 Å². The van der Waals surface area contributed by atoms with E-state index in [-0.39, 0.29) is 12.4 Å². The predicted octanol–water partition coefficient (Wildman–Crippen LogP) is 2.23. The Morgan fingerprint density at radius 2 is 2.14 bits per heavy atom. The third-order valence-electron chi connectivity index (χ3n) is 5.84. The van der Waals surface area contributed by atoms with Gasteiger partial charge in [-0.3, -0.25) is 9.78 Å². The SMILES string of the molecule is CN(c1ccc(C(N)=O)c2[nH]c(-c3cnc4c(c3)COCC4)cc12)C1CNC1.Cl. The van der Waals surface area contributed by atoms with Crippen LogP contribution in [-0.4, -0.2) is 48.7 Å². The number of rotatable bonds is 4. The molecule has 7 nitrogen and oxygen atoms in total. The Hall–Kier alpha value is -2.61. The highest BCUT2D eigenvalue weighted by atomic mass is 35.5. The van der Waals surface area contributed by atoms with E-state index < -0.39 is 5.91 Å². The number of nitrogens with one attached hydrogen (secondary N) is 2. The number of hydrogen-bond donors (Lipinski definition) is 3. The molecule has 0 bridgehead atoms. The number of benzene rings is 1. The number of nitrogens with zero attached hydrogens (tertiary/aromatic N) is 2. The Kier molecular flexibility index (Phi) is 5.21. The first-order valence-electron chi connectivity index (χ1n) is 9.57. The molecule has 8 heteroatoms. The molecule has 1 amide bonds. The maximum absolute atomic E-state index is 12.0. The van der Waals surface area contributed by atoms with E-state index in [1.807, 2.05) is 18.3 Å². The largest absolute Gasteiger partial charge is 0.376 e. The lowest BCUT2D eigenvalue weighted by molar-refractivity contribution is 0.100. The van der Waals surface area contributed by atoms with Gasteiger partial charge in [-0.25, -0.2) is 0 Å². The number of amides is 1. The fraction of sp³-hybridized carbons (Fsp3) is 0.333. The molecule has 0 spiro atoms. The van der Waals surface area contributed by atoms with Gasteiger partial charge in [-0.1, -0.05) is 0 Å². The molecule has 0 saturated carbocycles. The summed E-state index contributed by atoms with van der Waals surface area (Å²) in [6.45, 7) is 3.23. The van der Waals surface area contributed by atoms with Gasteiger partial charge in [-0.05, 0) is 29.8 Å². The number of halogens is 1. The first-order valence-corrected chi connectivity index (χ1v) is 9.57. The molecular formula is C21H24ClN5O2. The van der Waals surface area contributed by atoms with Crippen molar-refractivity contribution in [3.8, 4) is 11.3 Å². The zero-order valence-electron chi connectivity index (χ0n) is 16.2. The number of H-pyrrole nitrogens is 1. The summed E-state index contributed by atoms with van der Waals surface area (Å²) in [5.74, 6) is -0.435. The smallest absolute Gasteiger partial charge is 0.250 e. The molecule has 2 aromatic heterocycles. The number of hydrogen-bond acceptors (Lipinski definition) is 5. The van der Waals surface area contributed by atoms with Gasteiger partial charge in [-0.15, -0.1) is 12.4 Å². The average Bonchev–Trinajstić information content (AvgIpc) is 3.10. The van der Waals surface area contributed by atoms with E-state index in [1.54, 1.807) is 0 Å². The summed E-state index contributed by atoms with van der Waals surface area (Å²) in [7, 11) is 2.09. The number of aromatic nitrogens is 2. The van der Waals surface area contributed by atoms with E-state index in [0.717, 1.165) is 65.2 Å². The molecule has 0 atom stereocenters. The first-order chi connectivity index (χ1) is 13.6. The normalized spacial score (nSPS) is 16.0. The van der Waals surface area contributed by atoms with Crippen LogP contribution in [0.4, 0.5) is 5.69 Å². The van der Waals surface area contributed by atoms with Crippen molar-refractivity contribution in [1.29, 1.82) is 0 Å². The molecule has 4 heterocycles. The molecule has 0 unspecified atom stereocenters. The second kappa shape index (κ2) is 7.67. The van der Waals surface area contributed by atoms with Gasteiger partial charge in [-0.2, -0.15) is 0 Å². The number of primary amides is 1.